The zero-order valence-corrected chi connectivity index (χ0v) is 9.71. The third-order valence-electron chi connectivity index (χ3n) is 1.83. The first kappa shape index (κ1) is 13.7. The molecule has 0 saturated carbocycles. The first-order chi connectivity index (χ1) is 7.11. The van der Waals surface area contributed by atoms with Gasteiger partial charge in [-0.05, 0) is 6.42 Å². The van der Waals surface area contributed by atoms with Gasteiger partial charge < -0.3 is 10.2 Å². The third-order valence-corrected chi connectivity index (χ3v) is 1.83. The highest BCUT2D eigenvalue weighted by Gasteiger charge is 2.02. The normalized spacial score (nSPS) is 11.1. The number of guanidine groups is 1. The van der Waals surface area contributed by atoms with E-state index < -0.39 is 0 Å². The number of unbranched alkanes of at least 4 members (excludes halogenated alkanes) is 1. The van der Waals surface area contributed by atoms with Gasteiger partial charge in [0.05, 0.1) is 0 Å². The molecule has 0 aliphatic rings. The summed E-state index contributed by atoms with van der Waals surface area (Å²) in [6, 6.07) is 0. The quantitative estimate of drug-likeness (QED) is 0.186. The first-order valence-electron chi connectivity index (χ1n) is 5.06. The highest BCUT2D eigenvalue weighted by molar-refractivity contribution is 5.84. The van der Waals surface area contributed by atoms with Crippen LogP contribution in [0.1, 0.15) is 19.8 Å². The highest BCUT2D eigenvalue weighted by Crippen LogP contribution is 1.83. The van der Waals surface area contributed by atoms with E-state index in [-0.39, 0.29) is 12.5 Å². The van der Waals surface area contributed by atoms with Crippen LogP contribution in [0.2, 0.25) is 0 Å². The van der Waals surface area contributed by atoms with Crippen LogP contribution in [0.15, 0.2) is 4.99 Å². The average molecular weight is 215 g/mol. The Bertz CT molecular complexity index is 215. The van der Waals surface area contributed by atoms with E-state index in [0.29, 0.717) is 5.96 Å². The second kappa shape index (κ2) is 8.05. The van der Waals surface area contributed by atoms with E-state index in [1.807, 2.05) is 0 Å². The summed E-state index contributed by atoms with van der Waals surface area (Å²) in [7, 11) is 3.38. The van der Waals surface area contributed by atoms with Crippen LogP contribution in [0.25, 0.3) is 0 Å². The van der Waals surface area contributed by atoms with Crippen molar-refractivity contribution in [3.63, 3.8) is 0 Å². The number of nitrogens with one attached hydrogen (secondary N) is 2. The lowest BCUT2D eigenvalue weighted by Crippen LogP contribution is -2.42. The number of likely N-dealkylation sites (N-methyl/N-ethyl adjacent to an activating group) is 1. The van der Waals surface area contributed by atoms with Crippen LogP contribution in [0.3, 0.4) is 0 Å². The number of hydrogen-bond acceptors (Lipinski definition) is 3. The Morgan fingerprint density at radius 3 is 2.60 bits per heavy atom. The Hall–Kier alpha value is -1.30. The lowest BCUT2D eigenvalue weighted by atomic mass is 10.3. The molecule has 0 aliphatic carbocycles. The number of nitrogens with zero attached hydrogens (tertiary/aromatic N) is 2. The fraction of sp³-hybridized carbons (Fsp3) is 0.778. The first-order valence-corrected chi connectivity index (χ1v) is 5.06. The van der Waals surface area contributed by atoms with E-state index in [1.165, 1.54) is 4.90 Å². The van der Waals surface area contributed by atoms with Crippen LogP contribution in [-0.4, -0.2) is 44.0 Å². The number of carbonyl (C=O) groups excluding carboxylic acids is 1. The molecule has 0 fully saturated rings. The molecule has 15 heavy (non-hydrogen) atoms. The summed E-state index contributed by atoms with van der Waals surface area (Å²) in [4.78, 5) is 16.7. The number of hydrogen-bond donors (Lipinski definition) is 3. The minimum atomic E-state index is -0.0555. The van der Waals surface area contributed by atoms with Gasteiger partial charge in [-0.15, -0.1) is 0 Å². The van der Waals surface area contributed by atoms with E-state index >= 15 is 0 Å². The Kier molecular flexibility index (Phi) is 7.35. The molecule has 6 nitrogen and oxygen atoms in total. The maximum Gasteiger partial charge on any atom is 0.243 e. The zero-order chi connectivity index (χ0) is 11.7. The van der Waals surface area contributed by atoms with Gasteiger partial charge in [-0.2, -0.15) is 0 Å². The van der Waals surface area contributed by atoms with Gasteiger partial charge in [0.25, 0.3) is 0 Å². The molecule has 0 atom stereocenters. The van der Waals surface area contributed by atoms with Crippen molar-refractivity contribution in [2.45, 2.75) is 19.8 Å². The Morgan fingerprint density at radius 2 is 2.13 bits per heavy atom. The molecule has 88 valence electrons. The number of carbonyl (C=O) groups is 1. The number of aliphatic imine (C=N–C) groups is 1. The molecule has 0 unspecified atom stereocenters. The van der Waals surface area contributed by atoms with Crippen molar-refractivity contribution in [1.29, 1.82) is 0 Å². The fourth-order valence-corrected chi connectivity index (χ4v) is 0.824. The molecule has 0 radical (unpaired) electrons. The summed E-state index contributed by atoms with van der Waals surface area (Å²) in [6.07, 6.45) is 2.14. The molecule has 1 amide bonds. The molecule has 0 heterocycles. The zero-order valence-electron chi connectivity index (χ0n) is 9.71. The summed E-state index contributed by atoms with van der Waals surface area (Å²) in [5, 5.41) is 3.01. The molecular weight excluding hydrogens is 194 g/mol. The van der Waals surface area contributed by atoms with E-state index in [4.69, 9.17) is 5.84 Å². The van der Waals surface area contributed by atoms with Crippen molar-refractivity contribution in [3.05, 3.63) is 0 Å². The van der Waals surface area contributed by atoms with Crippen molar-refractivity contribution >= 4 is 11.9 Å². The summed E-state index contributed by atoms with van der Waals surface area (Å²) >= 11 is 0. The minimum absolute atomic E-state index is 0.0555. The predicted molar refractivity (Wildman–Crippen MR) is 61.2 cm³/mol. The number of amides is 1. The minimum Gasteiger partial charge on any atom is -0.355 e. The molecule has 0 bridgehead atoms. The van der Waals surface area contributed by atoms with Crippen molar-refractivity contribution in [3.8, 4) is 0 Å². The molecule has 0 aromatic heterocycles. The van der Waals surface area contributed by atoms with Crippen molar-refractivity contribution in [2.24, 2.45) is 10.8 Å². The van der Waals surface area contributed by atoms with Crippen LogP contribution < -0.4 is 16.6 Å². The van der Waals surface area contributed by atoms with Crippen LogP contribution in [0, 0.1) is 0 Å². The molecule has 0 saturated heterocycles. The SMILES string of the molecule is CCCCNC(=NCC(=O)N(C)C)NN. The lowest BCUT2D eigenvalue weighted by molar-refractivity contribution is -0.127. The highest BCUT2D eigenvalue weighted by atomic mass is 16.2. The van der Waals surface area contributed by atoms with Gasteiger partial charge in [0.1, 0.15) is 6.54 Å². The number of nitrogens with two attached hydrogens (primary N) is 1. The van der Waals surface area contributed by atoms with Gasteiger partial charge in [0, 0.05) is 20.6 Å². The molecule has 6 heteroatoms. The van der Waals surface area contributed by atoms with Crippen molar-refractivity contribution in [1.82, 2.24) is 15.6 Å². The Balaban J connectivity index is 3.93. The van der Waals surface area contributed by atoms with Gasteiger partial charge in [0.2, 0.25) is 11.9 Å². The number of hydrazine groups is 1. The number of rotatable bonds is 5. The monoisotopic (exact) mass is 215 g/mol. The lowest BCUT2D eigenvalue weighted by Gasteiger charge is -2.10. The standard InChI is InChI=1S/C9H21N5O/c1-4-5-6-11-9(13-10)12-7-8(15)14(2)3/h4-7,10H2,1-3H3,(H2,11,12,13). The molecule has 0 aromatic rings. The predicted octanol–water partition coefficient (Wildman–Crippen LogP) is -0.716. The van der Waals surface area contributed by atoms with Crippen LogP contribution >= 0.6 is 0 Å². The molecule has 0 spiro atoms. The van der Waals surface area contributed by atoms with E-state index in [9.17, 15) is 4.79 Å². The van der Waals surface area contributed by atoms with Gasteiger partial charge in [-0.25, -0.2) is 10.8 Å². The maximum absolute atomic E-state index is 11.2. The Morgan fingerprint density at radius 1 is 1.47 bits per heavy atom. The van der Waals surface area contributed by atoms with Crippen LogP contribution in [0.4, 0.5) is 0 Å². The van der Waals surface area contributed by atoms with Crippen molar-refractivity contribution < 1.29 is 4.79 Å². The molecule has 4 N–H and O–H groups in total. The van der Waals surface area contributed by atoms with Gasteiger partial charge in [0.15, 0.2) is 0 Å². The van der Waals surface area contributed by atoms with Gasteiger partial charge in [-0.1, -0.05) is 13.3 Å². The smallest absolute Gasteiger partial charge is 0.243 e. The van der Waals surface area contributed by atoms with E-state index in [0.717, 1.165) is 19.4 Å². The maximum atomic E-state index is 11.2. The Labute approximate surface area is 90.9 Å². The average Bonchev–Trinajstić information content (AvgIpc) is 2.22. The van der Waals surface area contributed by atoms with Crippen LogP contribution in [0.5, 0.6) is 0 Å². The second-order valence-corrected chi connectivity index (χ2v) is 3.38. The van der Waals surface area contributed by atoms with Gasteiger partial charge >= 0.3 is 0 Å². The molecular formula is C9H21N5O. The summed E-state index contributed by atoms with van der Waals surface area (Å²) in [5.41, 5.74) is 2.42. The second-order valence-electron chi connectivity index (χ2n) is 3.38. The van der Waals surface area contributed by atoms with Gasteiger partial charge in [-0.3, -0.25) is 10.2 Å². The third kappa shape index (κ3) is 6.73. The largest absolute Gasteiger partial charge is 0.355 e. The van der Waals surface area contributed by atoms with Crippen LogP contribution in [-0.2, 0) is 4.79 Å². The topological polar surface area (TPSA) is 82.8 Å². The fourth-order valence-electron chi connectivity index (χ4n) is 0.824. The summed E-state index contributed by atoms with van der Waals surface area (Å²) in [6.45, 7) is 3.01. The molecule has 0 rings (SSSR count). The summed E-state index contributed by atoms with van der Waals surface area (Å²) < 4.78 is 0. The molecule has 0 aliphatic heterocycles. The molecule has 0 aromatic carbocycles. The summed E-state index contributed by atoms with van der Waals surface area (Å²) in [5.74, 6) is 5.65. The van der Waals surface area contributed by atoms with E-state index in [2.05, 4.69) is 22.7 Å². The van der Waals surface area contributed by atoms with E-state index in [1.54, 1.807) is 14.1 Å². The van der Waals surface area contributed by atoms with Crippen molar-refractivity contribution in [2.75, 3.05) is 27.2 Å².